The summed E-state index contributed by atoms with van der Waals surface area (Å²) in [6.07, 6.45) is 0. The van der Waals surface area contributed by atoms with E-state index in [-0.39, 0.29) is 12.5 Å². The van der Waals surface area contributed by atoms with E-state index in [0.29, 0.717) is 16.5 Å². The first-order chi connectivity index (χ1) is 12.0. The van der Waals surface area contributed by atoms with Gasteiger partial charge in [0.25, 0.3) is 0 Å². The lowest BCUT2D eigenvalue weighted by Gasteiger charge is -2.32. The van der Waals surface area contributed by atoms with Crippen LogP contribution in [-0.2, 0) is 14.3 Å². The number of esters is 1. The molecule has 1 aliphatic heterocycles. The normalized spacial score (nSPS) is 18.9. The van der Waals surface area contributed by atoms with E-state index in [4.69, 9.17) is 21.1 Å². The van der Waals surface area contributed by atoms with Crippen molar-refractivity contribution in [3.05, 3.63) is 58.6 Å². The van der Waals surface area contributed by atoms with Gasteiger partial charge >= 0.3 is 5.97 Å². The molecule has 2 aromatic rings. The molecule has 0 fully saturated rings. The van der Waals surface area contributed by atoms with Crippen LogP contribution in [0.1, 0.15) is 24.0 Å². The van der Waals surface area contributed by atoms with Crippen molar-refractivity contribution >= 4 is 29.2 Å². The van der Waals surface area contributed by atoms with Crippen LogP contribution in [0.3, 0.4) is 0 Å². The molecule has 0 saturated heterocycles. The minimum Gasteiger partial charge on any atom is -0.497 e. The Balaban J connectivity index is 2.16. The van der Waals surface area contributed by atoms with Gasteiger partial charge in [0.05, 0.1) is 13.7 Å². The molecular formula is C19H18ClNO4. The molecule has 2 atom stereocenters. The predicted octanol–water partition coefficient (Wildman–Crippen LogP) is 3.61. The molecule has 2 aromatic carbocycles. The zero-order valence-corrected chi connectivity index (χ0v) is 14.7. The van der Waals surface area contributed by atoms with Crippen molar-refractivity contribution in [1.82, 2.24) is 0 Å². The number of rotatable bonds is 4. The number of halogens is 1. The molecule has 2 unspecified atom stereocenters. The molecule has 0 spiro atoms. The van der Waals surface area contributed by atoms with Gasteiger partial charge in [-0.25, -0.2) is 0 Å². The Morgan fingerprint density at radius 1 is 1.20 bits per heavy atom. The summed E-state index contributed by atoms with van der Waals surface area (Å²) >= 11 is 5.98. The van der Waals surface area contributed by atoms with Gasteiger partial charge < -0.3 is 14.8 Å². The molecule has 5 nitrogen and oxygen atoms in total. The van der Waals surface area contributed by atoms with Crippen LogP contribution in [0.15, 0.2) is 42.5 Å². The molecule has 6 heteroatoms. The Morgan fingerprint density at radius 2 is 1.92 bits per heavy atom. The number of hydrogen-bond acceptors (Lipinski definition) is 4. The highest BCUT2D eigenvalue weighted by Gasteiger charge is 2.42. The van der Waals surface area contributed by atoms with Crippen LogP contribution >= 0.6 is 11.6 Å². The van der Waals surface area contributed by atoms with Crippen molar-refractivity contribution in [1.29, 1.82) is 0 Å². The first kappa shape index (κ1) is 17.3. The Labute approximate surface area is 150 Å². The van der Waals surface area contributed by atoms with Gasteiger partial charge in [-0.15, -0.1) is 0 Å². The molecule has 0 saturated carbocycles. The molecule has 130 valence electrons. The van der Waals surface area contributed by atoms with Gasteiger partial charge in [0.1, 0.15) is 11.7 Å². The summed E-state index contributed by atoms with van der Waals surface area (Å²) in [5.74, 6) is -1.73. The van der Waals surface area contributed by atoms with Gasteiger partial charge in [-0.1, -0.05) is 23.7 Å². The van der Waals surface area contributed by atoms with Crippen LogP contribution < -0.4 is 10.1 Å². The molecule has 0 bridgehead atoms. The molecule has 3 rings (SSSR count). The number of fused-ring (bicyclic) bond motifs is 1. The number of carbonyl (C=O) groups excluding carboxylic acids is 2. The molecule has 1 amide bonds. The first-order valence-electron chi connectivity index (χ1n) is 7.96. The SMILES string of the molecule is CCOC(=O)C1C(=O)Nc2ccc(OC)cc2C1c1ccc(Cl)cc1. The third-order valence-corrected chi connectivity index (χ3v) is 4.49. The topological polar surface area (TPSA) is 64.6 Å². The second-order valence-corrected chi connectivity index (χ2v) is 6.14. The summed E-state index contributed by atoms with van der Waals surface area (Å²) in [5.41, 5.74) is 2.28. The fourth-order valence-electron chi connectivity index (χ4n) is 3.10. The van der Waals surface area contributed by atoms with Crippen molar-refractivity contribution in [2.75, 3.05) is 19.0 Å². The van der Waals surface area contributed by atoms with E-state index >= 15 is 0 Å². The highest BCUT2D eigenvalue weighted by atomic mass is 35.5. The molecule has 0 aliphatic carbocycles. The molecule has 0 aromatic heterocycles. The monoisotopic (exact) mass is 359 g/mol. The maximum atomic E-state index is 12.6. The molecule has 1 N–H and O–H groups in total. The lowest BCUT2D eigenvalue weighted by molar-refractivity contribution is -0.151. The van der Waals surface area contributed by atoms with Crippen LogP contribution in [0.5, 0.6) is 5.75 Å². The smallest absolute Gasteiger partial charge is 0.319 e. The van der Waals surface area contributed by atoms with Gasteiger partial charge in [0.2, 0.25) is 5.91 Å². The van der Waals surface area contributed by atoms with E-state index in [0.717, 1.165) is 11.1 Å². The van der Waals surface area contributed by atoms with Crippen molar-refractivity contribution in [3.63, 3.8) is 0 Å². The highest BCUT2D eigenvalue weighted by molar-refractivity contribution is 6.30. The number of carbonyl (C=O) groups is 2. The van der Waals surface area contributed by atoms with Crippen LogP contribution in [0, 0.1) is 5.92 Å². The van der Waals surface area contributed by atoms with E-state index in [1.165, 1.54) is 0 Å². The second kappa shape index (κ2) is 7.15. The lowest BCUT2D eigenvalue weighted by atomic mass is 9.77. The predicted molar refractivity (Wildman–Crippen MR) is 95.0 cm³/mol. The van der Waals surface area contributed by atoms with Gasteiger partial charge in [0.15, 0.2) is 0 Å². The molecular weight excluding hydrogens is 342 g/mol. The average Bonchev–Trinajstić information content (AvgIpc) is 2.61. The quantitative estimate of drug-likeness (QED) is 0.669. The zero-order valence-electron chi connectivity index (χ0n) is 13.9. The number of benzene rings is 2. The fourth-order valence-corrected chi connectivity index (χ4v) is 3.22. The van der Waals surface area contributed by atoms with Gasteiger partial charge in [-0.2, -0.15) is 0 Å². The van der Waals surface area contributed by atoms with Crippen LogP contribution in [-0.4, -0.2) is 25.6 Å². The van der Waals surface area contributed by atoms with Crippen molar-refractivity contribution < 1.29 is 19.1 Å². The Morgan fingerprint density at radius 3 is 2.56 bits per heavy atom. The largest absolute Gasteiger partial charge is 0.497 e. The minimum absolute atomic E-state index is 0.209. The van der Waals surface area contributed by atoms with Gasteiger partial charge in [0, 0.05) is 16.6 Å². The molecule has 1 aliphatic rings. The second-order valence-electron chi connectivity index (χ2n) is 5.70. The Bertz CT molecular complexity index is 804. The number of hydrogen-bond donors (Lipinski definition) is 1. The number of amides is 1. The Hall–Kier alpha value is -2.53. The third-order valence-electron chi connectivity index (χ3n) is 4.24. The standard InChI is InChI=1S/C19H18ClNO4/c1-3-25-19(23)17-16(11-4-6-12(20)7-5-11)14-10-13(24-2)8-9-15(14)21-18(17)22/h4-10,16-17H,3H2,1-2H3,(H,21,22). The highest BCUT2D eigenvalue weighted by Crippen LogP contribution is 2.42. The van der Waals surface area contributed by atoms with Gasteiger partial charge in [-0.05, 0) is 48.4 Å². The number of anilines is 1. The van der Waals surface area contributed by atoms with Crippen LogP contribution in [0.2, 0.25) is 5.02 Å². The number of ether oxygens (including phenoxy) is 2. The maximum Gasteiger partial charge on any atom is 0.319 e. The lowest BCUT2D eigenvalue weighted by Crippen LogP contribution is -2.40. The summed E-state index contributed by atoms with van der Waals surface area (Å²) < 4.78 is 10.4. The van der Waals surface area contributed by atoms with E-state index in [1.807, 2.05) is 18.2 Å². The summed E-state index contributed by atoms with van der Waals surface area (Å²) in [5, 5.41) is 3.38. The van der Waals surface area contributed by atoms with Crippen molar-refractivity contribution in [2.24, 2.45) is 5.92 Å². The van der Waals surface area contributed by atoms with E-state index in [1.54, 1.807) is 38.3 Å². The number of nitrogens with one attached hydrogen (secondary N) is 1. The Kier molecular flexibility index (Phi) is 4.95. The molecule has 1 heterocycles. The number of methoxy groups -OCH3 is 1. The van der Waals surface area contributed by atoms with E-state index in [2.05, 4.69) is 5.32 Å². The van der Waals surface area contributed by atoms with Crippen LogP contribution in [0.25, 0.3) is 0 Å². The van der Waals surface area contributed by atoms with Gasteiger partial charge in [-0.3, -0.25) is 9.59 Å². The van der Waals surface area contributed by atoms with E-state index < -0.39 is 17.8 Å². The van der Waals surface area contributed by atoms with E-state index in [9.17, 15) is 9.59 Å². The fraction of sp³-hybridized carbons (Fsp3) is 0.263. The summed E-state index contributed by atoms with van der Waals surface area (Å²) in [6.45, 7) is 1.92. The molecule has 25 heavy (non-hydrogen) atoms. The first-order valence-corrected chi connectivity index (χ1v) is 8.33. The average molecular weight is 360 g/mol. The minimum atomic E-state index is -0.972. The zero-order chi connectivity index (χ0) is 18.0. The summed E-state index contributed by atoms with van der Waals surface area (Å²) in [6, 6.07) is 12.5. The third kappa shape index (κ3) is 3.33. The van der Waals surface area contributed by atoms with Crippen molar-refractivity contribution in [2.45, 2.75) is 12.8 Å². The summed E-state index contributed by atoms with van der Waals surface area (Å²) in [4.78, 5) is 25.1. The molecule has 0 radical (unpaired) electrons. The maximum absolute atomic E-state index is 12.6. The van der Waals surface area contributed by atoms with Crippen molar-refractivity contribution in [3.8, 4) is 5.75 Å². The summed E-state index contributed by atoms with van der Waals surface area (Å²) in [7, 11) is 1.57. The van der Waals surface area contributed by atoms with Crippen LogP contribution in [0.4, 0.5) is 5.69 Å².